The number of phenols is 4. The Morgan fingerprint density at radius 2 is 0.669 bits per heavy atom. The molecule has 139 heavy (non-hydrogen) atoms. The molecular formula is C127H196O12. The number of rotatable bonds is 24. The van der Waals surface area contributed by atoms with E-state index in [9.17, 15) is 19.2 Å². The molecule has 7 aromatic carbocycles. The summed E-state index contributed by atoms with van der Waals surface area (Å²) in [5, 5.41) is 36.0. The number of benzene rings is 7. The van der Waals surface area contributed by atoms with Crippen LogP contribution < -0.4 is 0 Å². The van der Waals surface area contributed by atoms with Gasteiger partial charge in [0.25, 0.3) is 0 Å². The van der Waals surface area contributed by atoms with Crippen LogP contribution in [-0.4, -0.2) is 66.7 Å². The van der Waals surface area contributed by atoms with Gasteiger partial charge in [0.05, 0.1) is 22.2 Å². The fourth-order valence-electron chi connectivity index (χ4n) is 20.5. The number of ether oxygens (including phenoxy) is 4. The molecule has 0 saturated heterocycles. The van der Waals surface area contributed by atoms with Crippen molar-refractivity contribution >= 4 is 23.9 Å². The molecule has 12 heteroatoms. The molecule has 6 bridgehead atoms. The van der Waals surface area contributed by atoms with E-state index in [2.05, 4.69) is 210 Å². The fraction of sp³-hybridized carbons (Fsp3) is 0.638. The van der Waals surface area contributed by atoms with E-state index in [0.717, 1.165) is 131 Å². The Morgan fingerprint density at radius 3 is 0.950 bits per heavy atom. The average molecular weight is 1910 g/mol. The Bertz CT molecular complexity index is 4350. The molecule has 7 fully saturated rings. The second-order valence-electron chi connectivity index (χ2n) is 45.7. The molecule has 0 heterocycles. The molecular weight excluding hydrogens is 1720 g/mol. The fourth-order valence-corrected chi connectivity index (χ4v) is 20.5. The number of carbonyl (C=O) groups is 4. The maximum absolute atomic E-state index is 12.6. The van der Waals surface area contributed by atoms with Gasteiger partial charge in [-0.2, -0.15) is 0 Å². The summed E-state index contributed by atoms with van der Waals surface area (Å²) in [7, 11) is 0. The second-order valence-corrected chi connectivity index (χ2v) is 45.7. The largest absolute Gasteiger partial charge is 0.508 e. The summed E-state index contributed by atoms with van der Waals surface area (Å²) in [4.78, 5) is 48.1. The molecule has 4 N–H and O–H groups in total. The number of phenolic OH excluding ortho intramolecular Hbond substituents is 4. The van der Waals surface area contributed by atoms with Crippen molar-refractivity contribution in [3.8, 4) is 23.0 Å². The van der Waals surface area contributed by atoms with Gasteiger partial charge in [-0.1, -0.05) is 280 Å². The third kappa shape index (κ3) is 37.1. The van der Waals surface area contributed by atoms with E-state index in [0.29, 0.717) is 70.3 Å². The van der Waals surface area contributed by atoms with Crippen molar-refractivity contribution in [3.05, 3.63) is 226 Å². The molecule has 0 spiro atoms. The normalized spacial score (nSPS) is 23.4. The van der Waals surface area contributed by atoms with Gasteiger partial charge in [0.2, 0.25) is 0 Å². The van der Waals surface area contributed by atoms with E-state index in [1.807, 2.05) is 132 Å². The predicted octanol–water partition coefficient (Wildman–Crippen LogP) is 35.4. The highest BCUT2D eigenvalue weighted by molar-refractivity contribution is 5.77. The van der Waals surface area contributed by atoms with Crippen molar-refractivity contribution in [1.82, 2.24) is 0 Å². The van der Waals surface area contributed by atoms with Crippen molar-refractivity contribution < 1.29 is 58.6 Å². The lowest BCUT2D eigenvalue weighted by Crippen LogP contribution is -2.60. The molecule has 9 aliphatic carbocycles. The van der Waals surface area contributed by atoms with E-state index in [1.165, 1.54) is 111 Å². The third-order valence-electron chi connectivity index (χ3n) is 33.5. The van der Waals surface area contributed by atoms with Crippen LogP contribution in [0.2, 0.25) is 0 Å². The third-order valence-corrected chi connectivity index (χ3v) is 33.5. The first-order chi connectivity index (χ1) is 65.5. The zero-order valence-electron chi connectivity index (χ0n) is 93.1. The molecule has 13 atom stereocenters. The molecule has 12 nitrogen and oxygen atoms in total. The zero-order valence-corrected chi connectivity index (χ0v) is 93.1. The number of hydrogen-bond donors (Lipinski definition) is 4. The van der Waals surface area contributed by atoms with E-state index in [-0.39, 0.29) is 68.4 Å². The van der Waals surface area contributed by atoms with E-state index in [1.54, 1.807) is 70.8 Å². The Hall–Kier alpha value is -8.38. The van der Waals surface area contributed by atoms with Crippen molar-refractivity contribution in [2.75, 3.05) is 0 Å². The lowest BCUT2D eigenvalue weighted by atomic mass is 9.49. The van der Waals surface area contributed by atoms with Crippen LogP contribution in [0.25, 0.3) is 0 Å². The van der Waals surface area contributed by atoms with Gasteiger partial charge in [-0.25, -0.2) is 0 Å². The summed E-state index contributed by atoms with van der Waals surface area (Å²) in [6, 6.07) is 58.0. The van der Waals surface area contributed by atoms with Gasteiger partial charge in [-0.05, 0) is 423 Å². The van der Waals surface area contributed by atoms with Crippen molar-refractivity contribution in [1.29, 1.82) is 0 Å². The molecule has 0 aliphatic heterocycles. The summed E-state index contributed by atoms with van der Waals surface area (Å²) in [5.41, 5.74) is 11.2. The standard InChI is InChI=1S/C18H30O2.C15H26O2.C13H24O2.2C11H14.4C10H14O.C10H14.C9H18O2/c1-5-17(3,4)16(19)20-18(6-2)14-8-12-7-13(10-14)11-15(18)9-12;1-5-14(3,4)13(16)17-15(6-2)10-11-7-8-12(15)9-11;1-5-12(3,4)11(14)15-13(6-2)9-7-8-10-13;2*1-8-7-10-5-3-4-6-11(10)9(8)2;4*1-3-8(2)9-4-6-10(11)7-5-9;1-3-9(2)10-7-5-4-6-8-10;1-6-7(2)8(10)11-9(3,4)5/h12-15H,5-11H2,1-4H3;11-12H,5-10H2,1-4H3;5-10H2,1-4H3;2*3-6,8-9H,7H2,1-2H3;4*4-8,11H,3H2,1-2H3;4-9H,3H2,1-2H3;7H,6H2,1-5H3. The molecule has 0 radical (unpaired) electrons. The number of carbonyl (C=O) groups excluding carboxylic acids is 4. The van der Waals surface area contributed by atoms with E-state index in [4.69, 9.17) is 39.4 Å². The summed E-state index contributed by atoms with van der Waals surface area (Å²) in [5.74, 6) is 12.2. The van der Waals surface area contributed by atoms with Gasteiger partial charge in [0.15, 0.2) is 0 Å². The topological polar surface area (TPSA) is 186 Å². The molecule has 7 saturated carbocycles. The van der Waals surface area contributed by atoms with Crippen molar-refractivity contribution in [2.45, 2.75) is 452 Å². The van der Waals surface area contributed by atoms with Crippen LogP contribution in [0, 0.1) is 69.5 Å². The predicted molar refractivity (Wildman–Crippen MR) is 584 cm³/mol. The Balaban J connectivity index is 0.000000272. The highest BCUT2D eigenvalue weighted by atomic mass is 16.6. The van der Waals surface area contributed by atoms with Gasteiger partial charge in [-0.15, -0.1) is 0 Å². The Kier molecular flexibility index (Phi) is 50.4. The summed E-state index contributed by atoms with van der Waals surface area (Å²) in [6.07, 6.45) is 30.9. The maximum atomic E-state index is 12.6. The van der Waals surface area contributed by atoms with Crippen LogP contribution in [0.5, 0.6) is 23.0 Å². The molecule has 0 amide bonds. The minimum absolute atomic E-state index is 0.00870. The minimum atomic E-state index is -0.347. The smallest absolute Gasteiger partial charge is 0.312 e. The van der Waals surface area contributed by atoms with E-state index >= 15 is 0 Å². The Morgan fingerprint density at radius 1 is 0.353 bits per heavy atom. The lowest BCUT2D eigenvalue weighted by Gasteiger charge is -2.60. The minimum Gasteiger partial charge on any atom is -0.508 e. The molecule has 0 aromatic heterocycles. The molecule has 7 aromatic rings. The number of esters is 4. The molecule has 16 rings (SSSR count). The Labute approximate surface area is 847 Å². The number of hydrogen-bond acceptors (Lipinski definition) is 12. The number of aromatic hydroxyl groups is 4. The van der Waals surface area contributed by atoms with Crippen LogP contribution in [-0.2, 0) is 51.0 Å². The van der Waals surface area contributed by atoms with Gasteiger partial charge in [0.1, 0.15) is 45.4 Å². The number of fused-ring (bicyclic) bond motifs is 4. The highest BCUT2D eigenvalue weighted by Gasteiger charge is 2.59. The molecule has 13 unspecified atom stereocenters. The van der Waals surface area contributed by atoms with Crippen LogP contribution in [0.1, 0.15) is 467 Å². The summed E-state index contributed by atoms with van der Waals surface area (Å²) >= 11 is 0. The van der Waals surface area contributed by atoms with E-state index < -0.39 is 0 Å². The van der Waals surface area contributed by atoms with Gasteiger partial charge >= 0.3 is 23.9 Å². The maximum Gasteiger partial charge on any atom is 0.312 e. The summed E-state index contributed by atoms with van der Waals surface area (Å²) in [6.45, 7) is 65.4. The molecule has 776 valence electrons. The highest BCUT2D eigenvalue weighted by Crippen LogP contribution is 2.61. The van der Waals surface area contributed by atoms with Crippen LogP contribution >= 0.6 is 0 Å². The zero-order chi connectivity index (χ0) is 104. The van der Waals surface area contributed by atoms with Crippen LogP contribution in [0.3, 0.4) is 0 Å². The average Bonchev–Trinajstić information content (AvgIpc) is 1.47. The summed E-state index contributed by atoms with van der Waals surface area (Å²) < 4.78 is 23.2. The van der Waals surface area contributed by atoms with Gasteiger partial charge in [0, 0.05) is 0 Å². The van der Waals surface area contributed by atoms with Crippen LogP contribution in [0.15, 0.2) is 176 Å². The first kappa shape index (κ1) is 121. The van der Waals surface area contributed by atoms with Crippen molar-refractivity contribution in [3.63, 3.8) is 0 Å². The first-order valence-electron chi connectivity index (χ1n) is 54.8. The van der Waals surface area contributed by atoms with Crippen LogP contribution in [0.4, 0.5) is 0 Å². The van der Waals surface area contributed by atoms with Crippen molar-refractivity contribution in [2.24, 2.45) is 69.5 Å². The SMILES string of the molecule is CC1Cc2ccccc2C1C.CC1Cc2ccccc2C1C.CCC(C)(C)C(=O)OC1(CC)C2CC3CC(C2)CC1C3.CCC(C)(C)C(=O)OC1(CC)CC2CCC1C2.CCC(C)C(=O)OC(C)(C)C.CCC(C)c1ccc(O)cc1.CCC(C)c1ccc(O)cc1.CCC(C)c1ccc(O)cc1.CCC(C)c1ccc(O)cc1.CCC(C)c1ccccc1.CCC1(OC(=O)C(C)(C)CC)CCCC1. The first-order valence-corrected chi connectivity index (χ1v) is 54.8. The second kappa shape index (κ2) is 57.8. The van der Waals surface area contributed by atoms with Gasteiger partial charge < -0.3 is 39.4 Å². The lowest BCUT2D eigenvalue weighted by molar-refractivity contribution is -0.218. The van der Waals surface area contributed by atoms with Gasteiger partial charge in [-0.3, -0.25) is 19.2 Å². The molecule has 9 aliphatic rings. The monoisotopic (exact) mass is 1910 g/mol. The quantitative estimate of drug-likeness (QED) is 0.0332.